The molecule has 1 fully saturated rings. The number of non-ortho nitro benzene ring substituents is 1. The van der Waals surface area contributed by atoms with E-state index in [0.717, 1.165) is 5.56 Å². The fraction of sp³-hybridized carbons (Fsp3) is 0.400. The Kier molecular flexibility index (Phi) is 6.05. The number of benzene rings is 2. The lowest BCUT2D eigenvalue weighted by Crippen LogP contribution is -2.46. The molecule has 0 amide bonds. The van der Waals surface area contributed by atoms with E-state index in [0.29, 0.717) is 38.2 Å². The van der Waals surface area contributed by atoms with Gasteiger partial charge in [-0.2, -0.15) is 0 Å². The van der Waals surface area contributed by atoms with Gasteiger partial charge in [0.05, 0.1) is 16.6 Å². The van der Waals surface area contributed by atoms with Crippen LogP contribution in [0.25, 0.3) is 0 Å². The Bertz CT molecular complexity index is 760. The molecule has 0 aromatic heterocycles. The molecule has 0 saturated carbocycles. The van der Waals surface area contributed by atoms with Gasteiger partial charge < -0.3 is 19.8 Å². The van der Waals surface area contributed by atoms with Crippen molar-refractivity contribution in [3.63, 3.8) is 0 Å². The van der Waals surface area contributed by atoms with E-state index < -0.39 is 16.6 Å². The number of aliphatic hydroxyl groups is 2. The van der Waals surface area contributed by atoms with Gasteiger partial charge in [0, 0.05) is 25.7 Å². The van der Waals surface area contributed by atoms with Crippen LogP contribution in [0.15, 0.2) is 54.6 Å². The molecule has 2 N–H and O–H groups in total. The zero-order chi connectivity index (χ0) is 19.3. The number of aliphatic hydroxyl groups excluding tert-OH is 1. The molecule has 144 valence electrons. The smallest absolute Gasteiger partial charge is 0.273 e. The molecule has 2 aromatic carbocycles. The topological polar surface area (TPSA) is 96.1 Å². The second-order valence-electron chi connectivity index (χ2n) is 6.92. The van der Waals surface area contributed by atoms with Crippen LogP contribution < -0.4 is 4.74 Å². The summed E-state index contributed by atoms with van der Waals surface area (Å²) in [6.07, 6.45) is 0.498. The van der Waals surface area contributed by atoms with Crippen LogP contribution in [0.2, 0.25) is 0 Å². The lowest BCUT2D eigenvalue weighted by atomic mass is 9.84. The first-order valence-corrected chi connectivity index (χ1v) is 9.02. The molecule has 2 aromatic rings. The fourth-order valence-corrected chi connectivity index (χ4v) is 3.37. The lowest BCUT2D eigenvalue weighted by Gasteiger charge is -2.39. The normalized spacial score (nSPS) is 18.0. The monoisotopic (exact) mass is 372 g/mol. The third-order valence-corrected chi connectivity index (χ3v) is 4.93. The zero-order valence-electron chi connectivity index (χ0n) is 15.0. The minimum Gasteiger partial charge on any atom is -0.491 e. The van der Waals surface area contributed by atoms with Crippen LogP contribution in [-0.2, 0) is 5.60 Å². The summed E-state index contributed by atoms with van der Waals surface area (Å²) in [6.45, 7) is 1.85. The Labute approximate surface area is 158 Å². The summed E-state index contributed by atoms with van der Waals surface area (Å²) in [5, 5.41) is 31.9. The number of hydrogen-bond donors (Lipinski definition) is 2. The van der Waals surface area contributed by atoms with E-state index in [1.165, 1.54) is 12.1 Å². The van der Waals surface area contributed by atoms with Crippen LogP contribution >= 0.6 is 0 Å². The third kappa shape index (κ3) is 5.03. The number of β-amino-alcohol motifs (C(OH)–C–C–N with tert-alkyl or cyclic N) is 1. The average molecular weight is 372 g/mol. The molecule has 1 aliphatic heterocycles. The molecule has 1 heterocycles. The molecule has 0 aliphatic carbocycles. The summed E-state index contributed by atoms with van der Waals surface area (Å²) in [6, 6.07) is 15.6. The number of nitro groups is 1. The van der Waals surface area contributed by atoms with Crippen LogP contribution in [0.1, 0.15) is 18.4 Å². The number of nitro benzene ring substituents is 1. The van der Waals surface area contributed by atoms with Crippen LogP contribution in [0.4, 0.5) is 5.69 Å². The zero-order valence-corrected chi connectivity index (χ0v) is 15.0. The van der Waals surface area contributed by atoms with Gasteiger partial charge in [-0.1, -0.05) is 36.4 Å². The molecule has 7 heteroatoms. The Balaban J connectivity index is 1.46. The number of nitrogens with zero attached hydrogens (tertiary/aromatic N) is 2. The average Bonchev–Trinajstić information content (AvgIpc) is 2.69. The minimum absolute atomic E-state index is 0.0433. The Morgan fingerprint density at radius 3 is 2.52 bits per heavy atom. The molecule has 3 rings (SSSR count). The van der Waals surface area contributed by atoms with E-state index in [4.69, 9.17) is 4.74 Å². The molecule has 0 spiro atoms. The number of ether oxygens (including phenoxy) is 1. The second-order valence-corrected chi connectivity index (χ2v) is 6.92. The highest BCUT2D eigenvalue weighted by Gasteiger charge is 2.34. The molecule has 1 unspecified atom stereocenters. The Morgan fingerprint density at radius 1 is 1.15 bits per heavy atom. The van der Waals surface area contributed by atoms with E-state index in [2.05, 4.69) is 4.90 Å². The molecule has 0 radical (unpaired) electrons. The maximum Gasteiger partial charge on any atom is 0.273 e. The van der Waals surface area contributed by atoms with Gasteiger partial charge in [-0.3, -0.25) is 10.1 Å². The molecule has 7 nitrogen and oxygen atoms in total. The van der Waals surface area contributed by atoms with E-state index in [1.54, 1.807) is 12.1 Å². The van der Waals surface area contributed by atoms with Crippen molar-refractivity contribution in [1.82, 2.24) is 4.90 Å². The first-order chi connectivity index (χ1) is 13.0. The molecule has 1 saturated heterocycles. The van der Waals surface area contributed by atoms with Crippen LogP contribution in [-0.4, -0.2) is 52.4 Å². The van der Waals surface area contributed by atoms with Crippen molar-refractivity contribution in [2.24, 2.45) is 0 Å². The first kappa shape index (κ1) is 19.3. The van der Waals surface area contributed by atoms with Gasteiger partial charge in [-0.25, -0.2) is 0 Å². The fourth-order valence-electron chi connectivity index (χ4n) is 3.37. The molecular weight excluding hydrogens is 348 g/mol. The van der Waals surface area contributed by atoms with Gasteiger partial charge in [0.25, 0.3) is 5.69 Å². The number of hydrogen-bond acceptors (Lipinski definition) is 6. The van der Waals surface area contributed by atoms with Crippen LogP contribution in [0.5, 0.6) is 5.75 Å². The predicted molar refractivity (Wildman–Crippen MR) is 101 cm³/mol. The molecule has 0 bridgehead atoms. The van der Waals surface area contributed by atoms with Crippen molar-refractivity contribution in [1.29, 1.82) is 0 Å². The Hall–Kier alpha value is -2.48. The lowest BCUT2D eigenvalue weighted by molar-refractivity contribution is -0.384. The van der Waals surface area contributed by atoms with Crippen molar-refractivity contribution in [3.05, 3.63) is 70.3 Å². The maximum absolute atomic E-state index is 10.8. The van der Waals surface area contributed by atoms with Crippen molar-refractivity contribution in [2.75, 3.05) is 26.2 Å². The highest BCUT2D eigenvalue weighted by molar-refractivity contribution is 5.37. The standard InChI is InChI=1S/C20H24N2O5/c23-18(15-27-19-8-4-7-17(13-19)22(25)26)14-21-11-9-20(24,10-12-21)16-5-2-1-3-6-16/h1-8,13,18,23-24H,9-12,14-15H2. The van der Waals surface area contributed by atoms with Crippen molar-refractivity contribution < 1.29 is 19.9 Å². The van der Waals surface area contributed by atoms with E-state index in [-0.39, 0.29) is 12.3 Å². The number of likely N-dealkylation sites (tertiary alicyclic amines) is 1. The SMILES string of the molecule is O=[N+]([O-])c1cccc(OCC(O)CN2CCC(O)(c3ccccc3)CC2)c1. The maximum atomic E-state index is 10.8. The van der Waals surface area contributed by atoms with Crippen LogP contribution in [0, 0.1) is 10.1 Å². The van der Waals surface area contributed by atoms with E-state index in [1.807, 2.05) is 30.3 Å². The summed E-state index contributed by atoms with van der Waals surface area (Å²) < 4.78 is 5.48. The van der Waals surface area contributed by atoms with Gasteiger partial charge in [0.2, 0.25) is 0 Å². The predicted octanol–water partition coefficient (Wildman–Crippen LogP) is 2.32. The third-order valence-electron chi connectivity index (χ3n) is 4.93. The number of piperidine rings is 1. The summed E-state index contributed by atoms with van der Waals surface area (Å²) >= 11 is 0. The largest absolute Gasteiger partial charge is 0.491 e. The molecule has 1 atom stereocenters. The molecule has 1 aliphatic rings. The highest BCUT2D eigenvalue weighted by atomic mass is 16.6. The second kappa shape index (κ2) is 8.47. The highest BCUT2D eigenvalue weighted by Crippen LogP contribution is 2.32. The van der Waals surface area contributed by atoms with Crippen molar-refractivity contribution in [2.45, 2.75) is 24.5 Å². The van der Waals surface area contributed by atoms with E-state index >= 15 is 0 Å². The number of rotatable bonds is 7. The Morgan fingerprint density at radius 2 is 1.85 bits per heavy atom. The van der Waals surface area contributed by atoms with Gasteiger partial charge in [-0.15, -0.1) is 0 Å². The first-order valence-electron chi connectivity index (χ1n) is 9.02. The van der Waals surface area contributed by atoms with Gasteiger partial charge in [0.1, 0.15) is 18.5 Å². The summed E-state index contributed by atoms with van der Waals surface area (Å²) in [5.41, 5.74) is 0.0692. The van der Waals surface area contributed by atoms with Crippen molar-refractivity contribution in [3.8, 4) is 5.75 Å². The molecule has 27 heavy (non-hydrogen) atoms. The van der Waals surface area contributed by atoms with Crippen molar-refractivity contribution >= 4 is 5.69 Å². The van der Waals surface area contributed by atoms with Gasteiger partial charge in [-0.05, 0) is 24.5 Å². The van der Waals surface area contributed by atoms with E-state index in [9.17, 15) is 20.3 Å². The van der Waals surface area contributed by atoms with Gasteiger partial charge in [0.15, 0.2) is 0 Å². The van der Waals surface area contributed by atoms with Crippen LogP contribution in [0.3, 0.4) is 0 Å². The summed E-state index contributed by atoms with van der Waals surface area (Å²) in [5.74, 6) is 0.361. The summed E-state index contributed by atoms with van der Waals surface area (Å²) in [7, 11) is 0. The van der Waals surface area contributed by atoms with Gasteiger partial charge >= 0.3 is 0 Å². The summed E-state index contributed by atoms with van der Waals surface area (Å²) in [4.78, 5) is 12.4. The quantitative estimate of drug-likeness (QED) is 0.572. The molecular formula is C20H24N2O5. The minimum atomic E-state index is -0.817.